The monoisotopic (exact) mass is 418 g/mol. The van der Waals surface area contributed by atoms with Gasteiger partial charge >= 0.3 is 6.36 Å². The summed E-state index contributed by atoms with van der Waals surface area (Å²) in [5.74, 6) is -2.27. The maximum Gasteiger partial charge on any atom is 0.573 e. The first-order valence-electron chi connectivity index (χ1n) is 6.43. The first kappa shape index (κ1) is 19.6. The van der Waals surface area contributed by atoms with E-state index in [1.54, 1.807) is 0 Å². The van der Waals surface area contributed by atoms with E-state index in [1.807, 2.05) is 0 Å². The number of nitrogens with one attached hydrogen (secondary N) is 1. The summed E-state index contributed by atoms with van der Waals surface area (Å²) >= 11 is 17.5. The molecule has 0 aliphatic carbocycles. The number of aliphatic hydroxyl groups is 1. The number of hydrogen-bond acceptors (Lipinski definition) is 5. The summed E-state index contributed by atoms with van der Waals surface area (Å²) in [6.45, 7) is -0.657. The highest BCUT2D eigenvalue weighted by molar-refractivity contribution is 6.47. The second-order valence-electron chi connectivity index (χ2n) is 4.61. The molecule has 0 bridgehead atoms. The maximum atomic E-state index is 12.3. The summed E-state index contributed by atoms with van der Waals surface area (Å²) in [5.41, 5.74) is -0.413. The minimum absolute atomic E-state index is 0.180. The molecule has 1 aliphatic rings. The van der Waals surface area contributed by atoms with Crippen molar-refractivity contribution >= 4 is 52.3 Å². The van der Waals surface area contributed by atoms with E-state index < -0.39 is 40.6 Å². The summed E-state index contributed by atoms with van der Waals surface area (Å²) in [7, 11) is 0. The van der Waals surface area contributed by atoms with Crippen LogP contribution in [0.5, 0.6) is 5.75 Å². The minimum atomic E-state index is -5.01. The fourth-order valence-corrected chi connectivity index (χ4v) is 2.65. The first-order chi connectivity index (χ1) is 11.5. The van der Waals surface area contributed by atoms with Crippen molar-refractivity contribution in [2.45, 2.75) is 6.36 Å². The number of halogens is 6. The summed E-state index contributed by atoms with van der Waals surface area (Å²) in [4.78, 5) is 24.5. The molecule has 0 fully saturated rings. The van der Waals surface area contributed by atoms with Crippen LogP contribution in [0, 0.1) is 0 Å². The van der Waals surface area contributed by atoms with Crippen molar-refractivity contribution < 1.29 is 32.6 Å². The van der Waals surface area contributed by atoms with Crippen LogP contribution < -0.4 is 10.1 Å². The molecular formula is C13H8Cl3F3N2O4. The molecule has 2 rings (SSSR count). The fraction of sp³-hybridized carbons (Fsp3) is 0.231. The molecule has 0 saturated heterocycles. The normalized spacial score (nSPS) is 14.8. The summed E-state index contributed by atoms with van der Waals surface area (Å²) in [5, 5.41) is 9.94. The average molecular weight is 420 g/mol. The van der Waals surface area contributed by atoms with E-state index in [0.29, 0.717) is 0 Å². The molecule has 0 unspecified atom stereocenters. The Kier molecular flexibility index (Phi) is 5.72. The molecule has 6 nitrogen and oxygen atoms in total. The van der Waals surface area contributed by atoms with Crippen LogP contribution in [0.25, 0.3) is 0 Å². The number of amides is 2. The Balaban J connectivity index is 2.33. The Hall–Kier alpha value is -1.68. The fourth-order valence-electron chi connectivity index (χ4n) is 1.93. The van der Waals surface area contributed by atoms with E-state index in [1.165, 1.54) is 0 Å². The number of carbonyl (C=O) groups excluding carboxylic acids is 2. The molecule has 1 heterocycles. The Morgan fingerprint density at radius 2 is 1.84 bits per heavy atom. The predicted molar refractivity (Wildman–Crippen MR) is 83.7 cm³/mol. The third kappa shape index (κ3) is 4.30. The molecule has 12 heteroatoms. The Morgan fingerprint density at radius 1 is 1.20 bits per heavy atom. The lowest BCUT2D eigenvalue weighted by molar-refractivity contribution is -0.274. The van der Waals surface area contributed by atoms with Gasteiger partial charge in [0, 0.05) is 12.1 Å². The van der Waals surface area contributed by atoms with Crippen molar-refractivity contribution in [2.24, 2.45) is 0 Å². The molecule has 2 N–H and O–H groups in total. The molecule has 0 radical (unpaired) electrons. The quantitative estimate of drug-likeness (QED) is 0.566. The lowest BCUT2D eigenvalue weighted by Crippen LogP contribution is -2.34. The Bertz CT molecular complexity index is 768. The highest BCUT2D eigenvalue weighted by Crippen LogP contribution is 2.44. The van der Waals surface area contributed by atoms with Gasteiger partial charge in [-0.05, 0) is 0 Å². The summed E-state index contributed by atoms with van der Waals surface area (Å²) in [6, 6.07) is 0.763. The zero-order valence-corrected chi connectivity index (χ0v) is 14.2. The van der Waals surface area contributed by atoms with E-state index in [9.17, 15) is 22.8 Å². The van der Waals surface area contributed by atoms with Gasteiger partial charge in [0.25, 0.3) is 11.8 Å². The molecular weight excluding hydrogens is 412 g/mol. The molecule has 1 aliphatic heterocycles. The largest absolute Gasteiger partial charge is 0.573 e. The van der Waals surface area contributed by atoms with Gasteiger partial charge in [0.2, 0.25) is 0 Å². The lowest BCUT2D eigenvalue weighted by atomic mass is 10.2. The Labute approximate surface area is 153 Å². The second kappa shape index (κ2) is 7.28. The van der Waals surface area contributed by atoms with Gasteiger partial charge in [-0.1, -0.05) is 34.8 Å². The summed E-state index contributed by atoms with van der Waals surface area (Å²) in [6.07, 6.45) is -4.08. The minimum Gasteiger partial charge on any atom is -0.404 e. The van der Waals surface area contributed by atoms with Gasteiger partial charge in [-0.2, -0.15) is 0 Å². The number of anilines is 1. The Morgan fingerprint density at radius 3 is 2.40 bits per heavy atom. The van der Waals surface area contributed by atoms with Crippen LogP contribution in [0.1, 0.15) is 0 Å². The number of imide groups is 1. The van der Waals surface area contributed by atoms with Crippen LogP contribution in [-0.4, -0.2) is 41.3 Å². The van der Waals surface area contributed by atoms with Crippen molar-refractivity contribution in [1.82, 2.24) is 4.90 Å². The maximum absolute atomic E-state index is 12.3. The van der Waals surface area contributed by atoms with E-state index in [-0.39, 0.29) is 23.0 Å². The highest BCUT2D eigenvalue weighted by Gasteiger charge is 2.34. The number of alkyl halides is 3. The number of nitrogens with zero attached hydrogens (tertiary/aromatic N) is 1. The molecule has 0 spiro atoms. The average Bonchev–Trinajstić information content (AvgIpc) is 2.75. The number of benzene rings is 1. The number of β-amino-alcohol motifs (C(OH)–C–C–N with tert-alkyl or cyclic N) is 1. The lowest BCUT2D eigenvalue weighted by Gasteiger charge is -2.17. The van der Waals surface area contributed by atoms with Gasteiger partial charge in [0.1, 0.15) is 10.7 Å². The zero-order valence-electron chi connectivity index (χ0n) is 12.0. The van der Waals surface area contributed by atoms with E-state index >= 15 is 0 Å². The van der Waals surface area contributed by atoms with Crippen molar-refractivity contribution in [3.8, 4) is 5.75 Å². The van der Waals surface area contributed by atoms with Gasteiger partial charge < -0.3 is 15.2 Å². The van der Waals surface area contributed by atoms with E-state index in [0.717, 1.165) is 17.0 Å². The number of aliphatic hydroxyl groups excluding tert-OH is 1. The number of carbonyl (C=O) groups is 2. The van der Waals surface area contributed by atoms with Gasteiger partial charge in [0.05, 0.1) is 28.9 Å². The van der Waals surface area contributed by atoms with E-state index in [4.69, 9.17) is 39.9 Å². The van der Waals surface area contributed by atoms with Gasteiger partial charge in [-0.15, -0.1) is 13.2 Å². The van der Waals surface area contributed by atoms with Crippen LogP contribution in [0.2, 0.25) is 15.1 Å². The third-order valence-corrected chi connectivity index (χ3v) is 4.09. The zero-order chi connectivity index (χ0) is 18.9. The summed E-state index contributed by atoms with van der Waals surface area (Å²) < 4.78 is 40.7. The molecule has 1 aromatic carbocycles. The molecule has 0 aromatic heterocycles. The van der Waals surface area contributed by atoms with Crippen LogP contribution in [0.4, 0.5) is 18.9 Å². The van der Waals surface area contributed by atoms with Gasteiger partial charge in [0.15, 0.2) is 5.75 Å². The van der Waals surface area contributed by atoms with Crippen LogP contribution in [-0.2, 0) is 9.59 Å². The predicted octanol–water partition coefficient (Wildman–Crippen LogP) is 3.20. The van der Waals surface area contributed by atoms with Crippen molar-refractivity contribution in [2.75, 3.05) is 18.5 Å². The van der Waals surface area contributed by atoms with Gasteiger partial charge in [-0.3, -0.25) is 14.5 Å². The molecule has 136 valence electrons. The standard InChI is InChI=1S/C13H8Cl3F3N2O4/c14-5-3-7(25-13(17,18)19)9(15)10(16)11(5)20-6-4-8(23)21(1-2-22)12(6)24/h3-4,20,22H,1-2H2. The van der Waals surface area contributed by atoms with Gasteiger partial charge in [-0.25, -0.2) is 0 Å². The van der Waals surface area contributed by atoms with Crippen LogP contribution in [0.15, 0.2) is 17.8 Å². The van der Waals surface area contributed by atoms with E-state index in [2.05, 4.69) is 10.1 Å². The van der Waals surface area contributed by atoms with Crippen LogP contribution in [0.3, 0.4) is 0 Å². The highest BCUT2D eigenvalue weighted by atomic mass is 35.5. The van der Waals surface area contributed by atoms with Crippen molar-refractivity contribution in [1.29, 1.82) is 0 Å². The number of hydrogen-bond donors (Lipinski definition) is 2. The molecule has 0 saturated carbocycles. The third-order valence-electron chi connectivity index (χ3n) is 2.94. The molecule has 25 heavy (non-hydrogen) atoms. The number of ether oxygens (including phenoxy) is 1. The molecule has 1 aromatic rings. The molecule has 2 amide bonds. The van der Waals surface area contributed by atoms with Crippen molar-refractivity contribution in [3.05, 3.63) is 32.9 Å². The van der Waals surface area contributed by atoms with Crippen molar-refractivity contribution in [3.63, 3.8) is 0 Å². The molecule has 0 atom stereocenters. The van der Waals surface area contributed by atoms with Crippen LogP contribution >= 0.6 is 34.8 Å². The first-order valence-corrected chi connectivity index (χ1v) is 7.57. The second-order valence-corrected chi connectivity index (χ2v) is 5.77. The topological polar surface area (TPSA) is 78.9 Å². The SMILES string of the molecule is O=C1C=C(Nc2c(Cl)cc(OC(F)(F)F)c(Cl)c2Cl)C(=O)N1CCO. The number of rotatable bonds is 5. The smallest absolute Gasteiger partial charge is 0.404 e.